The maximum atomic E-state index is 15.2. The van der Waals surface area contributed by atoms with Crippen molar-refractivity contribution in [3.8, 4) is 22.3 Å². The minimum absolute atomic E-state index is 0.00242. The molecule has 0 aliphatic carbocycles. The zero-order valence-corrected chi connectivity index (χ0v) is 19.5. The van der Waals surface area contributed by atoms with Gasteiger partial charge in [-0.25, -0.2) is 27.3 Å². The molecule has 2 N–H and O–H groups in total. The summed E-state index contributed by atoms with van der Waals surface area (Å²) in [5, 5.41) is 9.54. The highest BCUT2D eigenvalue weighted by atomic mass is 19.2. The van der Waals surface area contributed by atoms with Gasteiger partial charge in [-0.2, -0.15) is 0 Å². The molecule has 9 heteroatoms. The molecule has 2 heterocycles. The number of benzene rings is 3. The highest BCUT2D eigenvalue weighted by Gasteiger charge is 2.28. The van der Waals surface area contributed by atoms with Crippen molar-refractivity contribution in [2.45, 2.75) is 32.7 Å². The summed E-state index contributed by atoms with van der Waals surface area (Å²) < 4.78 is 60.9. The maximum Gasteiger partial charge on any atom is 0.337 e. The van der Waals surface area contributed by atoms with Gasteiger partial charge in [0.1, 0.15) is 11.3 Å². The first-order valence-corrected chi connectivity index (χ1v) is 11.7. The zero-order valence-electron chi connectivity index (χ0n) is 19.5. The van der Waals surface area contributed by atoms with E-state index in [1.165, 1.54) is 24.6 Å². The summed E-state index contributed by atoms with van der Waals surface area (Å²) >= 11 is 0. The van der Waals surface area contributed by atoms with Crippen LogP contribution in [0.1, 0.15) is 41.0 Å². The molecule has 186 valence electrons. The van der Waals surface area contributed by atoms with Gasteiger partial charge in [0.05, 0.1) is 22.2 Å². The minimum Gasteiger partial charge on any atom is -0.478 e. The number of rotatable bonds is 5. The van der Waals surface area contributed by atoms with Crippen LogP contribution >= 0.6 is 0 Å². The molecule has 5 rings (SSSR count). The second-order valence-corrected chi connectivity index (χ2v) is 9.09. The maximum absolute atomic E-state index is 15.2. The van der Waals surface area contributed by atoms with Crippen LogP contribution in [0.5, 0.6) is 0 Å². The number of hydrogen-bond acceptors (Lipinski definition) is 3. The van der Waals surface area contributed by atoms with E-state index in [9.17, 15) is 9.90 Å². The molecule has 1 aliphatic rings. The standard InChI is InChI=1S/C27H23F4N3O2/c1-14-32-19-12-17(11-18(27(35)36)26(19)33-14)21-24(30)22(28)20(23(29)25(21)31)16-7-5-15(6-8-16)13-34-9-3-2-4-10-34/h5-8,11-12H,2-4,9-10,13H2,1H3,(H,32,33)(H,35,36). The van der Waals surface area contributed by atoms with Gasteiger partial charge in [0.15, 0.2) is 23.3 Å². The number of carboxylic acids is 1. The molecule has 3 aromatic carbocycles. The number of fused-ring (bicyclic) bond motifs is 1. The van der Waals surface area contributed by atoms with E-state index in [1.807, 2.05) is 0 Å². The number of nitrogens with one attached hydrogen (secondary N) is 1. The van der Waals surface area contributed by atoms with Gasteiger partial charge >= 0.3 is 5.97 Å². The third kappa shape index (κ3) is 4.24. The van der Waals surface area contributed by atoms with Crippen LogP contribution in [-0.2, 0) is 6.54 Å². The van der Waals surface area contributed by atoms with Crippen LogP contribution in [0.2, 0.25) is 0 Å². The van der Waals surface area contributed by atoms with Gasteiger partial charge in [0.2, 0.25) is 0 Å². The molecule has 1 aliphatic heterocycles. The third-order valence-corrected chi connectivity index (χ3v) is 6.58. The number of imidazole rings is 1. The molecule has 1 saturated heterocycles. The number of aromatic carboxylic acids is 1. The number of likely N-dealkylation sites (tertiary alicyclic amines) is 1. The molecule has 5 nitrogen and oxygen atoms in total. The average molecular weight is 497 g/mol. The summed E-state index contributed by atoms with van der Waals surface area (Å²) in [5.74, 6) is -7.32. The van der Waals surface area contributed by atoms with Crippen LogP contribution in [0, 0.1) is 30.2 Å². The van der Waals surface area contributed by atoms with Gasteiger partial charge in [-0.3, -0.25) is 4.90 Å². The van der Waals surface area contributed by atoms with Crippen LogP contribution in [0.3, 0.4) is 0 Å². The monoisotopic (exact) mass is 497 g/mol. The largest absolute Gasteiger partial charge is 0.478 e. The van der Waals surface area contributed by atoms with Crippen LogP contribution in [0.4, 0.5) is 17.6 Å². The van der Waals surface area contributed by atoms with E-state index in [0.717, 1.165) is 37.6 Å². The zero-order chi connectivity index (χ0) is 25.6. The Balaban J connectivity index is 1.56. The number of carbonyl (C=O) groups is 1. The number of piperidine rings is 1. The predicted molar refractivity (Wildman–Crippen MR) is 128 cm³/mol. The molecule has 0 radical (unpaired) electrons. The highest BCUT2D eigenvalue weighted by molar-refractivity contribution is 6.03. The molecule has 0 unspecified atom stereocenters. The number of carboxylic acid groups (broad SMARTS) is 1. The second kappa shape index (κ2) is 9.39. The molecular formula is C27H23F4N3O2. The van der Waals surface area contributed by atoms with Gasteiger partial charge in [0.25, 0.3) is 0 Å². The first-order valence-electron chi connectivity index (χ1n) is 11.7. The smallest absolute Gasteiger partial charge is 0.337 e. The molecule has 0 spiro atoms. The molecule has 4 aromatic rings. The van der Waals surface area contributed by atoms with Gasteiger partial charge in [-0.1, -0.05) is 30.7 Å². The Hall–Kier alpha value is -3.72. The Bertz CT molecular complexity index is 1450. The minimum atomic E-state index is -1.60. The molecule has 1 aromatic heterocycles. The van der Waals surface area contributed by atoms with Gasteiger partial charge in [-0.15, -0.1) is 0 Å². The summed E-state index contributed by atoms with van der Waals surface area (Å²) in [7, 11) is 0. The average Bonchev–Trinajstić information content (AvgIpc) is 3.24. The Labute approximate surface area is 204 Å². The van der Waals surface area contributed by atoms with E-state index in [4.69, 9.17) is 0 Å². The Kier molecular flexibility index (Phi) is 6.26. The van der Waals surface area contributed by atoms with Crippen LogP contribution < -0.4 is 0 Å². The van der Waals surface area contributed by atoms with E-state index in [2.05, 4.69) is 14.9 Å². The lowest BCUT2D eigenvalue weighted by Gasteiger charge is -2.26. The fourth-order valence-corrected chi connectivity index (χ4v) is 4.84. The van der Waals surface area contributed by atoms with Gasteiger partial charge < -0.3 is 10.1 Å². The van der Waals surface area contributed by atoms with Crippen molar-refractivity contribution >= 4 is 17.0 Å². The van der Waals surface area contributed by atoms with E-state index >= 15 is 17.6 Å². The first kappa shape index (κ1) is 24.0. The molecule has 1 fully saturated rings. The van der Waals surface area contributed by atoms with E-state index < -0.39 is 40.4 Å². The molecule has 0 amide bonds. The first-order chi connectivity index (χ1) is 17.2. The van der Waals surface area contributed by atoms with Gasteiger partial charge in [0, 0.05) is 6.54 Å². The van der Waals surface area contributed by atoms with Crippen molar-refractivity contribution in [1.82, 2.24) is 14.9 Å². The van der Waals surface area contributed by atoms with Crippen LogP contribution in [0.15, 0.2) is 36.4 Å². The Morgan fingerprint density at radius 2 is 1.50 bits per heavy atom. The Morgan fingerprint density at radius 1 is 0.917 bits per heavy atom. The lowest BCUT2D eigenvalue weighted by Crippen LogP contribution is -2.29. The fourth-order valence-electron chi connectivity index (χ4n) is 4.84. The topological polar surface area (TPSA) is 69.2 Å². The van der Waals surface area contributed by atoms with Crippen LogP contribution in [-0.4, -0.2) is 39.0 Å². The van der Waals surface area contributed by atoms with Crippen molar-refractivity contribution < 1.29 is 27.5 Å². The second-order valence-electron chi connectivity index (χ2n) is 9.09. The molecule has 36 heavy (non-hydrogen) atoms. The highest BCUT2D eigenvalue weighted by Crippen LogP contribution is 2.38. The predicted octanol–water partition coefficient (Wildman–Crippen LogP) is 6.45. The quantitative estimate of drug-likeness (QED) is 0.246. The van der Waals surface area contributed by atoms with Crippen molar-refractivity contribution in [2.75, 3.05) is 13.1 Å². The summed E-state index contributed by atoms with van der Waals surface area (Å²) in [4.78, 5) is 20.9. The number of aromatic amines is 1. The summed E-state index contributed by atoms with van der Waals surface area (Å²) in [6.07, 6.45) is 3.45. The normalized spacial score (nSPS) is 14.5. The SMILES string of the molecule is Cc1nc2c(C(=O)O)cc(-c3c(F)c(F)c(-c4ccc(CN5CCCCC5)cc4)c(F)c3F)cc2[nH]1. The number of halogens is 4. The van der Waals surface area contributed by atoms with Gasteiger partial charge in [-0.05, 0) is 61.7 Å². The number of nitrogens with zero attached hydrogens (tertiary/aromatic N) is 2. The van der Waals surface area contributed by atoms with Crippen molar-refractivity contribution in [3.05, 3.63) is 76.6 Å². The van der Waals surface area contributed by atoms with E-state index in [0.29, 0.717) is 12.4 Å². The summed E-state index contributed by atoms with van der Waals surface area (Å²) in [6.45, 7) is 4.24. The van der Waals surface area contributed by atoms with Crippen LogP contribution in [0.25, 0.3) is 33.3 Å². The Morgan fingerprint density at radius 3 is 2.08 bits per heavy atom. The van der Waals surface area contributed by atoms with E-state index in [-0.39, 0.29) is 27.7 Å². The summed E-state index contributed by atoms with van der Waals surface area (Å²) in [6, 6.07) is 8.46. The van der Waals surface area contributed by atoms with Crippen molar-refractivity contribution in [1.29, 1.82) is 0 Å². The van der Waals surface area contributed by atoms with E-state index in [1.54, 1.807) is 19.1 Å². The molecule has 0 bridgehead atoms. The number of H-pyrrole nitrogens is 1. The molecule has 0 saturated carbocycles. The lowest BCUT2D eigenvalue weighted by atomic mass is 9.95. The van der Waals surface area contributed by atoms with Crippen molar-refractivity contribution in [3.63, 3.8) is 0 Å². The van der Waals surface area contributed by atoms with Crippen molar-refractivity contribution in [2.24, 2.45) is 0 Å². The lowest BCUT2D eigenvalue weighted by molar-refractivity contribution is 0.0699. The fraction of sp³-hybridized carbons (Fsp3) is 0.259. The number of aromatic nitrogens is 2. The summed E-state index contributed by atoms with van der Waals surface area (Å²) in [5.41, 5.74) is -1.27. The number of aryl methyl sites for hydroxylation is 1. The number of hydrogen-bond donors (Lipinski definition) is 2. The molecular weight excluding hydrogens is 474 g/mol. The molecule has 0 atom stereocenters. The third-order valence-electron chi connectivity index (χ3n) is 6.58.